The van der Waals surface area contributed by atoms with Crippen molar-refractivity contribution in [3.05, 3.63) is 29.1 Å². The van der Waals surface area contributed by atoms with Crippen molar-refractivity contribution in [3.63, 3.8) is 0 Å². The summed E-state index contributed by atoms with van der Waals surface area (Å²) in [6.07, 6.45) is 0. The Hall–Kier alpha value is -1.67. The number of nitrogens with two attached hydrogens (primary N) is 1. The summed E-state index contributed by atoms with van der Waals surface area (Å²) in [5.74, 6) is -0.503. The zero-order valence-corrected chi connectivity index (χ0v) is 8.28. The van der Waals surface area contributed by atoms with Crippen molar-refractivity contribution in [2.45, 2.75) is 6.92 Å². The molecule has 0 aromatic heterocycles. The molecule has 0 radical (unpaired) electrons. The maximum Gasteiger partial charge on any atom is 0.168 e. The van der Waals surface area contributed by atoms with E-state index in [0.29, 0.717) is 5.56 Å². The number of nitrogens with one attached hydrogen (secondary N) is 1. The lowest BCUT2D eigenvalue weighted by atomic mass is 10.1. The molecule has 0 saturated carbocycles. The first-order chi connectivity index (χ1) is 6.56. The molecule has 0 aliphatic carbocycles. The highest BCUT2D eigenvalue weighted by Crippen LogP contribution is 2.20. The van der Waals surface area contributed by atoms with Gasteiger partial charge in [-0.3, -0.25) is 0 Å². The van der Waals surface area contributed by atoms with Crippen molar-refractivity contribution >= 4 is 23.0 Å². The van der Waals surface area contributed by atoms with Crippen LogP contribution in [0.4, 0.5) is 10.1 Å². The summed E-state index contributed by atoms with van der Waals surface area (Å²) in [6, 6.07) is 4.83. The first-order valence-electron chi connectivity index (χ1n) is 3.82. The Morgan fingerprint density at radius 2 is 2.29 bits per heavy atom. The van der Waals surface area contributed by atoms with E-state index in [-0.39, 0.29) is 16.4 Å². The molecule has 3 N–H and O–H groups in total. The lowest BCUT2D eigenvalue weighted by Crippen LogP contribution is -2.20. The second-order valence-electron chi connectivity index (χ2n) is 2.70. The third kappa shape index (κ3) is 1.98. The predicted molar refractivity (Wildman–Crippen MR) is 56.3 cm³/mol. The Balaban J connectivity index is 3.18. The molecule has 5 heteroatoms. The fourth-order valence-electron chi connectivity index (χ4n) is 1.04. The van der Waals surface area contributed by atoms with Crippen LogP contribution in [0.25, 0.3) is 0 Å². The van der Waals surface area contributed by atoms with E-state index in [1.54, 1.807) is 0 Å². The number of hydrogen-bond acceptors (Lipinski definition) is 2. The molecule has 0 atom stereocenters. The minimum atomic E-state index is -0.503. The van der Waals surface area contributed by atoms with E-state index in [2.05, 4.69) is 17.5 Å². The van der Waals surface area contributed by atoms with Crippen LogP contribution >= 0.6 is 12.2 Å². The smallest absolute Gasteiger partial charge is 0.168 e. The van der Waals surface area contributed by atoms with Crippen LogP contribution in [0.5, 0.6) is 0 Å². The summed E-state index contributed by atoms with van der Waals surface area (Å²) >= 11 is 4.58. The third-order valence-corrected chi connectivity index (χ3v) is 1.87. The van der Waals surface area contributed by atoms with Crippen molar-refractivity contribution < 1.29 is 4.39 Å². The third-order valence-electron chi connectivity index (χ3n) is 1.76. The van der Waals surface area contributed by atoms with Crippen LogP contribution in [-0.4, -0.2) is 5.11 Å². The van der Waals surface area contributed by atoms with Crippen molar-refractivity contribution in [2.24, 2.45) is 5.73 Å². The van der Waals surface area contributed by atoms with E-state index < -0.39 is 5.82 Å². The Bertz CT molecular complexity index is 423. The molecule has 0 amide bonds. The van der Waals surface area contributed by atoms with Gasteiger partial charge in [-0.2, -0.15) is 5.26 Å². The van der Waals surface area contributed by atoms with Gasteiger partial charge in [0.25, 0.3) is 0 Å². The monoisotopic (exact) mass is 209 g/mol. The molecule has 0 bridgehead atoms. The molecule has 0 aliphatic heterocycles. The zero-order valence-electron chi connectivity index (χ0n) is 7.47. The van der Waals surface area contributed by atoms with Crippen molar-refractivity contribution in [1.82, 2.24) is 0 Å². The van der Waals surface area contributed by atoms with Gasteiger partial charge in [0.1, 0.15) is 0 Å². The Morgan fingerprint density at radius 3 is 2.79 bits per heavy atom. The molecule has 3 nitrogen and oxygen atoms in total. The molecule has 1 rings (SSSR count). The maximum absolute atomic E-state index is 13.5. The van der Waals surface area contributed by atoms with Gasteiger partial charge in [0, 0.05) is 5.56 Å². The van der Waals surface area contributed by atoms with Gasteiger partial charge >= 0.3 is 0 Å². The van der Waals surface area contributed by atoms with Crippen LogP contribution in [0, 0.1) is 24.1 Å². The topological polar surface area (TPSA) is 61.8 Å². The molecular weight excluding hydrogens is 201 g/mol. The van der Waals surface area contributed by atoms with Gasteiger partial charge in [0.15, 0.2) is 10.9 Å². The molecule has 0 spiro atoms. The van der Waals surface area contributed by atoms with Crippen LogP contribution in [0.3, 0.4) is 0 Å². The van der Waals surface area contributed by atoms with Crippen molar-refractivity contribution in [2.75, 3.05) is 5.32 Å². The summed E-state index contributed by atoms with van der Waals surface area (Å²) < 4.78 is 13.5. The fourth-order valence-corrected chi connectivity index (χ4v) is 1.15. The number of nitrogens with zero attached hydrogens (tertiary/aromatic N) is 1. The molecule has 0 heterocycles. The van der Waals surface area contributed by atoms with Crippen LogP contribution in [-0.2, 0) is 0 Å². The summed E-state index contributed by atoms with van der Waals surface area (Å²) in [7, 11) is 0. The number of nitriles is 1. The van der Waals surface area contributed by atoms with Gasteiger partial charge in [-0.15, -0.1) is 0 Å². The molecule has 0 fully saturated rings. The number of hydrogen-bond donors (Lipinski definition) is 2. The average molecular weight is 209 g/mol. The van der Waals surface area contributed by atoms with E-state index in [9.17, 15) is 4.39 Å². The lowest BCUT2D eigenvalue weighted by Gasteiger charge is -2.07. The standard InChI is InChI=1S/C9H8FN3S/c1-5-6(4-11)2-3-7(8(5)10)13-9(12)14/h2-3H,1H3,(H3,12,13,14). The van der Waals surface area contributed by atoms with Crippen molar-refractivity contribution in [3.8, 4) is 6.07 Å². The van der Waals surface area contributed by atoms with Crippen LogP contribution in [0.2, 0.25) is 0 Å². The molecule has 72 valence electrons. The summed E-state index contributed by atoms with van der Waals surface area (Å²) in [5.41, 5.74) is 5.98. The normalized spacial score (nSPS) is 9.21. The highest BCUT2D eigenvalue weighted by atomic mass is 32.1. The minimum Gasteiger partial charge on any atom is -0.376 e. The summed E-state index contributed by atoms with van der Waals surface area (Å²) in [4.78, 5) is 0. The highest BCUT2D eigenvalue weighted by Gasteiger charge is 2.09. The van der Waals surface area contributed by atoms with E-state index in [1.165, 1.54) is 19.1 Å². The largest absolute Gasteiger partial charge is 0.376 e. The van der Waals surface area contributed by atoms with Gasteiger partial charge in [-0.25, -0.2) is 4.39 Å². The summed E-state index contributed by atoms with van der Waals surface area (Å²) in [5, 5.41) is 11.1. The minimum absolute atomic E-state index is 0.00647. The second-order valence-corrected chi connectivity index (χ2v) is 3.14. The van der Waals surface area contributed by atoms with Crippen LogP contribution in [0.15, 0.2) is 12.1 Å². The highest BCUT2D eigenvalue weighted by molar-refractivity contribution is 7.80. The van der Waals surface area contributed by atoms with E-state index in [0.717, 1.165) is 0 Å². The molecule has 14 heavy (non-hydrogen) atoms. The van der Waals surface area contributed by atoms with Gasteiger partial charge in [-0.1, -0.05) is 0 Å². The molecule has 1 aromatic carbocycles. The molecule has 0 saturated heterocycles. The molecular formula is C9H8FN3S. The Morgan fingerprint density at radius 1 is 1.64 bits per heavy atom. The van der Waals surface area contributed by atoms with Gasteiger partial charge in [0.2, 0.25) is 0 Å². The SMILES string of the molecule is Cc1c(C#N)ccc(NC(N)=S)c1F. The average Bonchev–Trinajstić information content (AvgIpc) is 2.13. The Kier molecular flexibility index (Phi) is 2.99. The lowest BCUT2D eigenvalue weighted by molar-refractivity contribution is 0.622. The first-order valence-corrected chi connectivity index (χ1v) is 4.22. The van der Waals surface area contributed by atoms with Crippen LogP contribution < -0.4 is 11.1 Å². The Labute approximate surface area is 86.3 Å². The van der Waals surface area contributed by atoms with Crippen molar-refractivity contribution in [1.29, 1.82) is 5.26 Å². The van der Waals surface area contributed by atoms with Gasteiger partial charge in [-0.05, 0) is 31.3 Å². The molecule has 1 aromatic rings. The van der Waals surface area contributed by atoms with E-state index >= 15 is 0 Å². The van der Waals surface area contributed by atoms with E-state index in [4.69, 9.17) is 11.0 Å². The van der Waals surface area contributed by atoms with Gasteiger partial charge < -0.3 is 11.1 Å². The number of rotatable bonds is 1. The first kappa shape index (κ1) is 10.4. The summed E-state index contributed by atoms with van der Waals surface area (Å²) in [6.45, 7) is 1.53. The predicted octanol–water partition coefficient (Wildman–Crippen LogP) is 1.66. The number of benzene rings is 1. The zero-order chi connectivity index (χ0) is 10.7. The number of anilines is 1. The quantitative estimate of drug-likeness (QED) is 0.690. The number of thiocarbonyl (C=S) groups is 1. The maximum atomic E-state index is 13.5. The van der Waals surface area contributed by atoms with E-state index in [1.807, 2.05) is 6.07 Å². The molecule has 0 aliphatic rings. The molecule has 0 unspecified atom stereocenters. The van der Waals surface area contributed by atoms with Crippen LogP contribution in [0.1, 0.15) is 11.1 Å². The van der Waals surface area contributed by atoms with Gasteiger partial charge in [0.05, 0.1) is 17.3 Å². The number of halogens is 1. The second kappa shape index (κ2) is 4.03. The fraction of sp³-hybridized carbons (Fsp3) is 0.111.